The third-order valence-corrected chi connectivity index (χ3v) is 4.42. The largest absolute Gasteiger partial charge is 0.462 e. The van der Waals surface area contributed by atoms with E-state index < -0.39 is 0 Å². The summed E-state index contributed by atoms with van der Waals surface area (Å²) in [6.07, 6.45) is 0. The van der Waals surface area contributed by atoms with E-state index in [1.165, 1.54) is 11.8 Å². The molecule has 0 fully saturated rings. The maximum Gasteiger partial charge on any atom is 0.346 e. The predicted molar refractivity (Wildman–Crippen MR) is 75.3 cm³/mol. The molecule has 1 aliphatic rings. The van der Waals surface area contributed by atoms with Crippen molar-refractivity contribution in [1.29, 1.82) is 0 Å². The third kappa shape index (κ3) is 2.46. The van der Waals surface area contributed by atoms with Crippen LogP contribution in [0.25, 0.3) is 0 Å². The van der Waals surface area contributed by atoms with Crippen molar-refractivity contribution in [2.45, 2.75) is 18.7 Å². The minimum absolute atomic E-state index is 0.329. The van der Waals surface area contributed by atoms with Crippen molar-refractivity contribution in [1.82, 2.24) is 0 Å². The molecule has 0 spiro atoms. The zero-order chi connectivity index (χ0) is 13.3. The fourth-order valence-electron chi connectivity index (χ4n) is 1.56. The minimum Gasteiger partial charge on any atom is -0.462 e. The van der Waals surface area contributed by atoms with Crippen LogP contribution in [0.15, 0.2) is 27.6 Å². The highest BCUT2D eigenvalue weighted by molar-refractivity contribution is 8.04. The van der Waals surface area contributed by atoms with Crippen molar-refractivity contribution in [2.24, 2.45) is 0 Å². The first-order valence-corrected chi connectivity index (χ1v) is 6.92. The van der Waals surface area contributed by atoms with E-state index in [0.29, 0.717) is 21.6 Å². The van der Waals surface area contributed by atoms with Crippen LogP contribution < -0.4 is 5.32 Å². The van der Waals surface area contributed by atoms with Gasteiger partial charge in [0.05, 0.1) is 22.3 Å². The average Bonchev–Trinajstić information content (AvgIpc) is 2.34. The number of thioether (sulfide) groups is 1. The molecule has 1 aromatic rings. The highest BCUT2D eigenvalue weighted by atomic mass is 35.5. The normalized spacial score (nSPS) is 14.0. The topological polar surface area (TPSA) is 38.3 Å². The van der Waals surface area contributed by atoms with Crippen LogP contribution in [0.3, 0.4) is 0 Å². The standard InChI is InChI=1S/C12H11Cl2NO2S/c1-3-17-12(16)11-6(2)15-10-8(18-11)5-4-7(13)9(10)14/h4-5,15H,3H2,1-2H3. The molecule has 1 heterocycles. The Balaban J connectivity index is 2.37. The van der Waals surface area contributed by atoms with Gasteiger partial charge in [-0.05, 0) is 26.0 Å². The molecule has 96 valence electrons. The van der Waals surface area contributed by atoms with E-state index in [2.05, 4.69) is 5.32 Å². The second-order valence-corrected chi connectivity index (χ2v) is 5.47. The molecule has 18 heavy (non-hydrogen) atoms. The number of allylic oxidation sites excluding steroid dienone is 1. The number of benzene rings is 1. The van der Waals surface area contributed by atoms with Gasteiger partial charge in [0.15, 0.2) is 0 Å². The first-order valence-electron chi connectivity index (χ1n) is 5.35. The highest BCUT2D eigenvalue weighted by Crippen LogP contribution is 2.45. The molecule has 0 bridgehead atoms. The molecular weight excluding hydrogens is 293 g/mol. The van der Waals surface area contributed by atoms with E-state index in [9.17, 15) is 4.79 Å². The van der Waals surface area contributed by atoms with Crippen LogP contribution >= 0.6 is 35.0 Å². The van der Waals surface area contributed by atoms with Gasteiger partial charge in [0.2, 0.25) is 0 Å². The van der Waals surface area contributed by atoms with Gasteiger partial charge in [0, 0.05) is 10.6 Å². The van der Waals surface area contributed by atoms with Crippen molar-refractivity contribution >= 4 is 46.6 Å². The molecule has 0 unspecified atom stereocenters. The Morgan fingerprint density at radius 3 is 2.83 bits per heavy atom. The van der Waals surface area contributed by atoms with Crippen LogP contribution in [-0.2, 0) is 9.53 Å². The third-order valence-electron chi connectivity index (χ3n) is 2.38. The van der Waals surface area contributed by atoms with Crippen molar-refractivity contribution in [3.8, 4) is 0 Å². The molecule has 1 aromatic carbocycles. The Hall–Kier alpha value is -0.840. The Morgan fingerprint density at radius 1 is 1.44 bits per heavy atom. The van der Waals surface area contributed by atoms with E-state index >= 15 is 0 Å². The summed E-state index contributed by atoms with van der Waals surface area (Å²) in [6.45, 7) is 3.93. The van der Waals surface area contributed by atoms with Gasteiger partial charge in [0.1, 0.15) is 4.91 Å². The number of nitrogens with one attached hydrogen (secondary N) is 1. The Morgan fingerprint density at radius 2 is 2.17 bits per heavy atom. The average molecular weight is 304 g/mol. The number of halogens is 2. The van der Waals surface area contributed by atoms with Crippen molar-refractivity contribution in [3.05, 3.63) is 32.8 Å². The number of hydrogen-bond acceptors (Lipinski definition) is 4. The summed E-state index contributed by atoms with van der Waals surface area (Å²) in [6, 6.07) is 3.54. The van der Waals surface area contributed by atoms with E-state index in [0.717, 1.165) is 16.3 Å². The van der Waals surface area contributed by atoms with Crippen molar-refractivity contribution in [3.63, 3.8) is 0 Å². The van der Waals surface area contributed by atoms with Gasteiger partial charge in [-0.2, -0.15) is 0 Å². The number of ether oxygens (including phenoxy) is 1. The number of anilines is 1. The molecule has 0 saturated heterocycles. The van der Waals surface area contributed by atoms with Gasteiger partial charge in [0.25, 0.3) is 0 Å². The molecule has 0 aliphatic carbocycles. The summed E-state index contributed by atoms with van der Waals surface area (Å²) >= 11 is 13.4. The Kier molecular flexibility index (Phi) is 4.10. The second-order valence-electron chi connectivity index (χ2n) is 3.64. The van der Waals surface area contributed by atoms with Crippen molar-refractivity contribution < 1.29 is 9.53 Å². The Labute approximate surface area is 119 Å². The zero-order valence-corrected chi connectivity index (χ0v) is 12.2. The lowest BCUT2D eigenvalue weighted by molar-refractivity contribution is -0.137. The van der Waals surface area contributed by atoms with Crippen LogP contribution in [0.2, 0.25) is 10.0 Å². The molecule has 6 heteroatoms. The summed E-state index contributed by atoms with van der Waals surface area (Å²) in [5, 5.41) is 4.04. The van der Waals surface area contributed by atoms with Gasteiger partial charge < -0.3 is 10.1 Å². The molecule has 0 atom stereocenters. The number of esters is 1. The summed E-state index contributed by atoms with van der Waals surface area (Å²) in [5.74, 6) is -0.329. The smallest absolute Gasteiger partial charge is 0.346 e. The SMILES string of the molecule is CCOC(=O)C1=C(C)Nc2c(ccc(Cl)c2Cl)S1. The van der Waals surface area contributed by atoms with Crippen LogP contribution in [0.4, 0.5) is 5.69 Å². The van der Waals surface area contributed by atoms with Crippen LogP contribution in [0.1, 0.15) is 13.8 Å². The van der Waals surface area contributed by atoms with Gasteiger partial charge in [-0.15, -0.1) is 0 Å². The molecular formula is C12H11Cl2NO2S. The summed E-state index contributed by atoms with van der Waals surface area (Å²) in [7, 11) is 0. The summed E-state index contributed by atoms with van der Waals surface area (Å²) in [4.78, 5) is 13.2. The number of hydrogen-bond donors (Lipinski definition) is 1. The van der Waals surface area contributed by atoms with Crippen molar-refractivity contribution in [2.75, 3.05) is 11.9 Å². The fraction of sp³-hybridized carbons (Fsp3) is 0.250. The zero-order valence-electron chi connectivity index (χ0n) is 9.84. The second kappa shape index (κ2) is 5.43. The number of fused-ring (bicyclic) bond motifs is 1. The first-order chi connectivity index (χ1) is 8.54. The fourth-order valence-corrected chi connectivity index (χ4v) is 2.94. The van der Waals surface area contributed by atoms with Crippen LogP contribution in [0.5, 0.6) is 0 Å². The lowest BCUT2D eigenvalue weighted by Gasteiger charge is -2.22. The van der Waals surface area contributed by atoms with Crippen LogP contribution in [0, 0.1) is 0 Å². The van der Waals surface area contributed by atoms with Gasteiger partial charge in [-0.3, -0.25) is 0 Å². The lowest BCUT2D eigenvalue weighted by atomic mass is 10.3. The quantitative estimate of drug-likeness (QED) is 0.827. The molecule has 0 saturated carbocycles. The summed E-state index contributed by atoms with van der Waals surface area (Å²) < 4.78 is 5.00. The minimum atomic E-state index is -0.329. The van der Waals surface area contributed by atoms with E-state index in [1.807, 2.05) is 6.07 Å². The van der Waals surface area contributed by atoms with E-state index in [4.69, 9.17) is 27.9 Å². The molecule has 3 nitrogen and oxygen atoms in total. The maximum atomic E-state index is 11.8. The highest BCUT2D eigenvalue weighted by Gasteiger charge is 2.24. The Bertz CT molecular complexity index is 543. The molecule has 1 N–H and O–H groups in total. The number of carbonyl (C=O) groups is 1. The molecule has 0 aromatic heterocycles. The number of rotatable bonds is 2. The molecule has 2 rings (SSSR count). The molecule has 0 amide bonds. The van der Waals surface area contributed by atoms with Crippen LogP contribution in [-0.4, -0.2) is 12.6 Å². The molecule has 0 radical (unpaired) electrons. The van der Waals surface area contributed by atoms with Gasteiger partial charge in [-0.25, -0.2) is 4.79 Å². The monoisotopic (exact) mass is 303 g/mol. The summed E-state index contributed by atoms with van der Waals surface area (Å²) in [5.41, 5.74) is 1.45. The lowest BCUT2D eigenvalue weighted by Crippen LogP contribution is -2.14. The van der Waals surface area contributed by atoms with Gasteiger partial charge >= 0.3 is 5.97 Å². The molecule has 1 aliphatic heterocycles. The predicted octanol–water partition coefficient (Wildman–Crippen LogP) is 4.31. The maximum absolute atomic E-state index is 11.8. The first kappa shape index (κ1) is 13.6. The van der Waals surface area contributed by atoms with Gasteiger partial charge in [-0.1, -0.05) is 35.0 Å². The number of carbonyl (C=O) groups excluding carboxylic acids is 1. The van der Waals surface area contributed by atoms with E-state index in [-0.39, 0.29) is 5.97 Å². The van der Waals surface area contributed by atoms with E-state index in [1.54, 1.807) is 19.9 Å².